The molecule has 8 heteroatoms. The summed E-state index contributed by atoms with van der Waals surface area (Å²) in [5.41, 5.74) is 2.16. The van der Waals surface area contributed by atoms with Gasteiger partial charge in [-0.05, 0) is 68.2 Å². The van der Waals surface area contributed by atoms with Crippen molar-refractivity contribution in [1.82, 2.24) is 10.2 Å². The Balaban J connectivity index is 1.47. The molecule has 0 saturated carbocycles. The highest BCUT2D eigenvalue weighted by atomic mass is 16.5. The summed E-state index contributed by atoms with van der Waals surface area (Å²) in [6.45, 7) is 4.73. The van der Waals surface area contributed by atoms with Crippen LogP contribution in [0.3, 0.4) is 0 Å². The van der Waals surface area contributed by atoms with E-state index in [0.29, 0.717) is 18.0 Å². The molecule has 2 N–H and O–H groups in total. The van der Waals surface area contributed by atoms with E-state index in [1.807, 2.05) is 32.0 Å². The summed E-state index contributed by atoms with van der Waals surface area (Å²) in [6.07, 6.45) is 4.42. The molecule has 1 atom stereocenters. The number of amides is 4. The lowest BCUT2D eigenvalue weighted by molar-refractivity contribution is -0.150. The molecule has 1 saturated heterocycles. The minimum absolute atomic E-state index is 0.384. The number of hydrogen-bond acceptors (Lipinski definition) is 5. The average molecular weight is 415 g/mol. The minimum Gasteiger partial charge on any atom is -0.454 e. The van der Waals surface area contributed by atoms with Crippen LogP contribution in [0.15, 0.2) is 18.2 Å². The van der Waals surface area contributed by atoms with Crippen molar-refractivity contribution in [1.29, 1.82) is 0 Å². The monoisotopic (exact) mass is 415 g/mol. The zero-order chi connectivity index (χ0) is 21.9. The zero-order valence-electron chi connectivity index (χ0n) is 17.7. The van der Waals surface area contributed by atoms with E-state index < -0.39 is 42.5 Å². The molecule has 4 amide bonds. The van der Waals surface area contributed by atoms with Crippen LogP contribution in [0.1, 0.15) is 51.2 Å². The van der Waals surface area contributed by atoms with Crippen LogP contribution >= 0.6 is 0 Å². The summed E-state index contributed by atoms with van der Waals surface area (Å²) in [5, 5.41) is 5.36. The highest BCUT2D eigenvalue weighted by molar-refractivity contribution is 6.08. The number of aryl methyl sites for hydroxylation is 2. The fraction of sp³-hybridized carbons (Fsp3) is 0.545. The number of hydrogen-bond donors (Lipinski definition) is 2. The van der Waals surface area contributed by atoms with Crippen molar-refractivity contribution in [2.24, 2.45) is 5.92 Å². The van der Waals surface area contributed by atoms with E-state index in [-0.39, 0.29) is 0 Å². The summed E-state index contributed by atoms with van der Waals surface area (Å²) in [7, 11) is 0. The first kappa shape index (κ1) is 21.8. The maximum atomic E-state index is 12.6. The van der Waals surface area contributed by atoms with Crippen molar-refractivity contribution in [3.63, 3.8) is 0 Å². The molecule has 0 unspecified atom stereocenters. The quantitative estimate of drug-likeness (QED) is 0.501. The normalized spacial score (nSPS) is 20.3. The number of urea groups is 1. The summed E-state index contributed by atoms with van der Waals surface area (Å²) < 4.78 is 4.97. The van der Waals surface area contributed by atoms with Gasteiger partial charge >= 0.3 is 12.0 Å². The van der Waals surface area contributed by atoms with Crippen LogP contribution in [-0.4, -0.2) is 47.4 Å². The number of benzene rings is 1. The molecule has 30 heavy (non-hydrogen) atoms. The van der Waals surface area contributed by atoms with Gasteiger partial charge in [0.1, 0.15) is 12.1 Å². The Kier molecular flexibility index (Phi) is 6.43. The molecule has 0 radical (unpaired) electrons. The van der Waals surface area contributed by atoms with Crippen LogP contribution in [0.25, 0.3) is 0 Å². The van der Waals surface area contributed by atoms with E-state index in [4.69, 9.17) is 4.74 Å². The second-order valence-corrected chi connectivity index (χ2v) is 8.63. The number of fused-ring (bicyclic) bond motifs is 1. The fourth-order valence-corrected chi connectivity index (χ4v) is 3.80. The molecule has 1 aromatic carbocycles. The number of anilines is 1. The molecule has 2 aliphatic rings. The molecule has 1 aromatic rings. The van der Waals surface area contributed by atoms with E-state index >= 15 is 0 Å². The molecule has 8 nitrogen and oxygen atoms in total. The van der Waals surface area contributed by atoms with E-state index in [1.54, 1.807) is 6.92 Å². The van der Waals surface area contributed by atoms with Crippen LogP contribution in [0.4, 0.5) is 10.5 Å². The number of ether oxygens (including phenoxy) is 1. The van der Waals surface area contributed by atoms with Crippen LogP contribution in [0.5, 0.6) is 0 Å². The van der Waals surface area contributed by atoms with Crippen molar-refractivity contribution >= 4 is 29.5 Å². The molecule has 0 spiro atoms. The number of esters is 1. The van der Waals surface area contributed by atoms with E-state index in [0.717, 1.165) is 30.6 Å². The molecule has 0 bridgehead atoms. The highest BCUT2D eigenvalue weighted by Gasteiger charge is 2.48. The Morgan fingerprint density at radius 2 is 1.97 bits per heavy atom. The largest absolute Gasteiger partial charge is 0.454 e. The summed E-state index contributed by atoms with van der Waals surface area (Å²) in [5.74, 6) is -1.35. The first-order chi connectivity index (χ1) is 14.2. The van der Waals surface area contributed by atoms with Gasteiger partial charge in [0, 0.05) is 5.69 Å². The first-order valence-electron chi connectivity index (χ1n) is 10.4. The van der Waals surface area contributed by atoms with Gasteiger partial charge in [0.25, 0.3) is 11.8 Å². The van der Waals surface area contributed by atoms with Gasteiger partial charge in [-0.25, -0.2) is 4.79 Å². The first-order valence-corrected chi connectivity index (χ1v) is 10.4. The Labute approximate surface area is 176 Å². The Morgan fingerprint density at radius 3 is 2.70 bits per heavy atom. The highest BCUT2D eigenvalue weighted by Crippen LogP contribution is 2.25. The molecular weight excluding hydrogens is 386 g/mol. The predicted octanol–water partition coefficient (Wildman–Crippen LogP) is 2.40. The van der Waals surface area contributed by atoms with Crippen LogP contribution < -0.4 is 10.6 Å². The summed E-state index contributed by atoms with van der Waals surface area (Å²) >= 11 is 0. The van der Waals surface area contributed by atoms with E-state index in [2.05, 4.69) is 10.6 Å². The van der Waals surface area contributed by atoms with Crippen molar-refractivity contribution in [2.45, 2.75) is 58.4 Å². The molecule has 3 rings (SSSR count). The van der Waals surface area contributed by atoms with Crippen molar-refractivity contribution < 1.29 is 23.9 Å². The molecule has 1 aliphatic carbocycles. The topological polar surface area (TPSA) is 105 Å². The van der Waals surface area contributed by atoms with Gasteiger partial charge in [-0.3, -0.25) is 19.3 Å². The molecule has 1 aliphatic heterocycles. The molecular formula is C22H29N3O5. The second kappa shape index (κ2) is 8.85. The maximum Gasteiger partial charge on any atom is 0.326 e. The van der Waals surface area contributed by atoms with Gasteiger partial charge in [0.2, 0.25) is 0 Å². The van der Waals surface area contributed by atoms with Gasteiger partial charge < -0.3 is 15.4 Å². The third-order valence-electron chi connectivity index (χ3n) is 5.60. The number of nitrogens with one attached hydrogen (secondary N) is 2. The lowest BCUT2D eigenvalue weighted by Gasteiger charge is -2.22. The fourth-order valence-electron chi connectivity index (χ4n) is 3.80. The smallest absolute Gasteiger partial charge is 0.326 e. The molecule has 1 heterocycles. The van der Waals surface area contributed by atoms with Gasteiger partial charge in [0.15, 0.2) is 6.61 Å². The van der Waals surface area contributed by atoms with Gasteiger partial charge in [-0.2, -0.15) is 0 Å². The average Bonchev–Trinajstić information content (AvgIpc) is 3.23. The number of imide groups is 1. The Bertz CT molecular complexity index is 866. The van der Waals surface area contributed by atoms with Crippen molar-refractivity contribution in [3.8, 4) is 0 Å². The number of nitrogens with zero attached hydrogens (tertiary/aromatic N) is 1. The van der Waals surface area contributed by atoms with Gasteiger partial charge in [-0.15, -0.1) is 0 Å². The third kappa shape index (κ3) is 4.98. The minimum atomic E-state index is -1.02. The standard InChI is InChI=1S/C22H29N3O5/c1-14(2)9-10-22(3)20(28)25(21(29)24-22)12-19(27)30-13-18(26)23-17-8-7-15-5-4-6-16(15)11-17/h7-8,11,14H,4-6,9-10,12-13H2,1-3H3,(H,23,26)(H,24,29)/t22-/m0/s1. The second-order valence-electron chi connectivity index (χ2n) is 8.63. The molecule has 162 valence electrons. The van der Waals surface area contributed by atoms with Crippen molar-refractivity contribution in [3.05, 3.63) is 29.3 Å². The van der Waals surface area contributed by atoms with E-state index in [9.17, 15) is 19.2 Å². The summed E-state index contributed by atoms with van der Waals surface area (Å²) in [6, 6.07) is 5.14. The molecule has 0 aromatic heterocycles. The SMILES string of the molecule is CC(C)CC[C@]1(C)NC(=O)N(CC(=O)OCC(=O)Nc2ccc3c(c2)CCC3)C1=O. The lowest BCUT2D eigenvalue weighted by atomic mass is 9.92. The predicted molar refractivity (Wildman–Crippen MR) is 111 cm³/mol. The van der Waals surface area contributed by atoms with Crippen LogP contribution in [0, 0.1) is 5.92 Å². The summed E-state index contributed by atoms with van der Waals surface area (Å²) in [4.78, 5) is 49.8. The van der Waals surface area contributed by atoms with Crippen LogP contribution in [0.2, 0.25) is 0 Å². The van der Waals surface area contributed by atoms with Crippen molar-refractivity contribution in [2.75, 3.05) is 18.5 Å². The number of carbonyl (C=O) groups is 4. The molecule has 1 fully saturated rings. The maximum absolute atomic E-state index is 12.6. The number of rotatable bonds is 8. The van der Waals surface area contributed by atoms with Gasteiger partial charge in [-0.1, -0.05) is 19.9 Å². The Hall–Kier alpha value is -2.90. The Morgan fingerprint density at radius 1 is 1.23 bits per heavy atom. The zero-order valence-corrected chi connectivity index (χ0v) is 17.7. The van der Waals surface area contributed by atoms with E-state index in [1.165, 1.54) is 11.1 Å². The number of carbonyl (C=O) groups excluding carboxylic acids is 4. The lowest BCUT2D eigenvalue weighted by Crippen LogP contribution is -2.44. The van der Waals surface area contributed by atoms with Crippen LogP contribution in [-0.2, 0) is 32.0 Å². The third-order valence-corrected chi connectivity index (χ3v) is 5.60. The van der Waals surface area contributed by atoms with Gasteiger partial charge in [0.05, 0.1) is 0 Å².